The lowest BCUT2D eigenvalue weighted by atomic mass is 9.82. The van der Waals surface area contributed by atoms with Gasteiger partial charge < -0.3 is 19.1 Å². The summed E-state index contributed by atoms with van der Waals surface area (Å²) in [6.07, 6.45) is 4.95. The minimum absolute atomic E-state index is 0.385. The average Bonchev–Trinajstić information content (AvgIpc) is 3.07. The van der Waals surface area contributed by atoms with Gasteiger partial charge in [-0.15, -0.1) is 0 Å². The van der Waals surface area contributed by atoms with Crippen molar-refractivity contribution in [2.45, 2.75) is 32.4 Å². The predicted molar refractivity (Wildman–Crippen MR) is 91.6 cm³/mol. The van der Waals surface area contributed by atoms with E-state index >= 15 is 0 Å². The van der Waals surface area contributed by atoms with E-state index in [0.717, 1.165) is 25.0 Å². The lowest BCUT2D eigenvalue weighted by Gasteiger charge is -2.32. The highest BCUT2D eigenvalue weighted by Crippen LogP contribution is 2.28. The Kier molecular flexibility index (Phi) is 4.80. The molecule has 0 radical (unpaired) electrons. The van der Waals surface area contributed by atoms with Gasteiger partial charge >= 0.3 is 7.12 Å². The molecule has 0 bridgehead atoms. The molecule has 126 valence electrons. The zero-order chi connectivity index (χ0) is 16.4. The maximum absolute atomic E-state index is 5.88. The van der Waals surface area contributed by atoms with E-state index in [0.29, 0.717) is 5.76 Å². The molecule has 0 amide bonds. The number of nitrogens with zero attached hydrogens (tertiary/aromatic N) is 4. The molecule has 2 aliphatic heterocycles. The number of aromatic nitrogens is 2. The summed E-state index contributed by atoms with van der Waals surface area (Å²) in [5.41, 5.74) is 0.519. The first-order chi connectivity index (χ1) is 10.9. The zero-order valence-corrected chi connectivity index (χ0v) is 14.5. The van der Waals surface area contributed by atoms with Gasteiger partial charge in [0, 0.05) is 44.4 Å². The maximum Gasteiger partial charge on any atom is 0.566 e. The molecule has 6 nitrogen and oxygen atoms in total. The van der Waals surface area contributed by atoms with Crippen LogP contribution in [0.4, 0.5) is 0 Å². The van der Waals surface area contributed by atoms with Crippen LogP contribution in [0, 0.1) is 0 Å². The van der Waals surface area contributed by atoms with E-state index in [1.54, 1.807) is 0 Å². The fourth-order valence-electron chi connectivity index (χ4n) is 2.92. The van der Waals surface area contributed by atoms with Gasteiger partial charge in [0.05, 0.1) is 12.0 Å². The fraction of sp³-hybridized carbons (Fsp3) is 0.688. The van der Waals surface area contributed by atoms with Crippen LogP contribution in [-0.4, -0.2) is 72.1 Å². The van der Waals surface area contributed by atoms with Gasteiger partial charge in [-0.2, -0.15) is 5.10 Å². The lowest BCUT2D eigenvalue weighted by molar-refractivity contribution is 0.151. The van der Waals surface area contributed by atoms with Crippen molar-refractivity contribution in [2.75, 3.05) is 39.8 Å². The molecule has 2 aliphatic rings. The van der Waals surface area contributed by atoms with Gasteiger partial charge in [0.2, 0.25) is 0 Å². The molecule has 1 aromatic heterocycles. The highest BCUT2D eigenvalue weighted by atomic mass is 16.7. The minimum atomic E-state index is -0.436. The molecule has 0 atom stereocenters. The van der Waals surface area contributed by atoms with Crippen molar-refractivity contribution in [3.63, 3.8) is 0 Å². The van der Waals surface area contributed by atoms with Crippen molar-refractivity contribution in [1.29, 1.82) is 0 Å². The van der Waals surface area contributed by atoms with Crippen LogP contribution >= 0.6 is 0 Å². The largest absolute Gasteiger partial charge is 0.566 e. The summed E-state index contributed by atoms with van der Waals surface area (Å²) in [5, 5.41) is 4.43. The minimum Gasteiger partial charge on any atom is -0.534 e. The smallest absolute Gasteiger partial charge is 0.534 e. The standard InChI is InChI=1S/C16H27BN4O2/c1-14-16(2,3)23-17(22-14)15-12-18-21(13-15)7-5-6-20-10-8-19(4)9-11-20/h12-13H,1,5-11H2,2-4H3. The normalized spacial score (nSPS) is 22.6. The summed E-state index contributed by atoms with van der Waals surface area (Å²) in [7, 11) is 1.80. The lowest BCUT2D eigenvalue weighted by Crippen LogP contribution is -2.44. The molecule has 0 aliphatic carbocycles. The maximum atomic E-state index is 5.88. The molecule has 23 heavy (non-hydrogen) atoms. The molecule has 0 saturated carbocycles. The van der Waals surface area contributed by atoms with Crippen molar-refractivity contribution in [3.8, 4) is 0 Å². The Bertz CT molecular complexity index is 552. The highest BCUT2D eigenvalue weighted by Gasteiger charge is 2.43. The van der Waals surface area contributed by atoms with Gasteiger partial charge in [-0.1, -0.05) is 6.58 Å². The Morgan fingerprint density at radius 1 is 1.26 bits per heavy atom. The topological polar surface area (TPSA) is 42.8 Å². The molecule has 0 N–H and O–H groups in total. The number of hydrogen-bond acceptors (Lipinski definition) is 5. The summed E-state index contributed by atoms with van der Waals surface area (Å²) >= 11 is 0. The van der Waals surface area contributed by atoms with Crippen molar-refractivity contribution in [1.82, 2.24) is 19.6 Å². The summed E-state index contributed by atoms with van der Waals surface area (Å²) in [6.45, 7) is 14.6. The Morgan fingerprint density at radius 2 is 2.00 bits per heavy atom. The molecule has 1 aromatic rings. The van der Waals surface area contributed by atoms with Crippen molar-refractivity contribution in [3.05, 3.63) is 24.7 Å². The van der Waals surface area contributed by atoms with Crippen molar-refractivity contribution < 1.29 is 9.31 Å². The van der Waals surface area contributed by atoms with Gasteiger partial charge in [0.1, 0.15) is 5.60 Å². The van der Waals surface area contributed by atoms with Gasteiger partial charge in [0.25, 0.3) is 0 Å². The van der Waals surface area contributed by atoms with E-state index in [-0.39, 0.29) is 7.12 Å². The number of piperazine rings is 1. The summed E-state index contributed by atoms with van der Waals surface area (Å²) in [4.78, 5) is 4.91. The van der Waals surface area contributed by atoms with E-state index in [1.165, 1.54) is 26.2 Å². The molecule has 3 rings (SSSR count). The monoisotopic (exact) mass is 318 g/mol. The average molecular weight is 318 g/mol. The van der Waals surface area contributed by atoms with Crippen molar-refractivity contribution in [2.24, 2.45) is 0 Å². The van der Waals surface area contributed by atoms with Crippen LogP contribution < -0.4 is 5.46 Å². The Labute approximate surface area is 139 Å². The molecule has 0 unspecified atom stereocenters. The van der Waals surface area contributed by atoms with Gasteiger partial charge in [-0.3, -0.25) is 4.68 Å². The van der Waals surface area contributed by atoms with E-state index in [1.807, 2.05) is 30.9 Å². The van der Waals surface area contributed by atoms with Crippen LogP contribution in [-0.2, 0) is 15.9 Å². The highest BCUT2D eigenvalue weighted by molar-refractivity contribution is 6.62. The Balaban J connectivity index is 1.46. The van der Waals surface area contributed by atoms with Gasteiger partial charge in [0.15, 0.2) is 0 Å². The first-order valence-corrected chi connectivity index (χ1v) is 8.41. The molecule has 0 aromatic carbocycles. The van der Waals surface area contributed by atoms with Crippen LogP contribution in [0.25, 0.3) is 0 Å². The number of likely N-dealkylation sites (N-methyl/N-ethyl adjacent to an activating group) is 1. The van der Waals surface area contributed by atoms with Crippen molar-refractivity contribution >= 4 is 12.6 Å². The second-order valence-corrected chi connectivity index (χ2v) is 7.04. The molecule has 2 fully saturated rings. The zero-order valence-electron chi connectivity index (χ0n) is 14.5. The van der Waals surface area contributed by atoms with E-state index in [9.17, 15) is 0 Å². The quantitative estimate of drug-likeness (QED) is 0.742. The Hall–Kier alpha value is -1.31. The predicted octanol–water partition coefficient (Wildman–Crippen LogP) is 0.555. The number of hydrogen-bond donors (Lipinski definition) is 0. The fourth-order valence-corrected chi connectivity index (χ4v) is 2.92. The third-order valence-corrected chi connectivity index (χ3v) is 4.71. The van der Waals surface area contributed by atoms with Gasteiger partial charge in [-0.25, -0.2) is 0 Å². The van der Waals surface area contributed by atoms with Crippen LogP contribution in [0.2, 0.25) is 0 Å². The number of rotatable bonds is 5. The summed E-state index contributed by atoms with van der Waals surface area (Å²) in [6, 6.07) is 0. The molecule has 0 spiro atoms. The van der Waals surface area contributed by atoms with Gasteiger partial charge in [-0.05, 0) is 33.9 Å². The molecule has 7 heteroatoms. The number of aryl methyl sites for hydroxylation is 1. The molecule has 3 heterocycles. The summed E-state index contributed by atoms with van der Waals surface area (Å²) in [5.74, 6) is 0.672. The molecular weight excluding hydrogens is 291 g/mol. The molecular formula is C16H27BN4O2. The second kappa shape index (κ2) is 6.67. The van der Waals surface area contributed by atoms with E-state index in [2.05, 4.69) is 28.5 Å². The third-order valence-electron chi connectivity index (χ3n) is 4.71. The summed E-state index contributed by atoms with van der Waals surface area (Å²) < 4.78 is 13.6. The van der Waals surface area contributed by atoms with Crippen LogP contribution in [0.15, 0.2) is 24.7 Å². The third kappa shape index (κ3) is 3.97. The SMILES string of the molecule is C=C1OB(c2cnn(CCCN3CCN(C)CC3)c2)OC1(C)C. The van der Waals surface area contributed by atoms with Crippen LogP contribution in [0.3, 0.4) is 0 Å². The van der Waals surface area contributed by atoms with Crippen LogP contribution in [0.5, 0.6) is 0 Å². The second-order valence-electron chi connectivity index (χ2n) is 7.04. The first kappa shape index (κ1) is 16.5. The Morgan fingerprint density at radius 3 is 2.65 bits per heavy atom. The van der Waals surface area contributed by atoms with E-state index in [4.69, 9.17) is 9.31 Å². The van der Waals surface area contributed by atoms with E-state index < -0.39 is 5.60 Å². The molecule has 2 saturated heterocycles. The first-order valence-electron chi connectivity index (χ1n) is 8.41. The van der Waals surface area contributed by atoms with Crippen LogP contribution in [0.1, 0.15) is 20.3 Å².